The van der Waals surface area contributed by atoms with E-state index in [1.54, 1.807) is 13.8 Å². The fraction of sp³-hybridized carbons (Fsp3) is 0.429. The molecule has 0 bridgehead atoms. The SMILES string of the molecule is CC(C)C(=O)Nc1cnn[nH]c1=O. The average Bonchev–Trinajstić information content (AvgIpc) is 2.08. The van der Waals surface area contributed by atoms with Gasteiger partial charge in [0.2, 0.25) is 5.91 Å². The van der Waals surface area contributed by atoms with Crippen molar-refractivity contribution in [1.29, 1.82) is 0 Å². The molecule has 0 atom stereocenters. The number of carbonyl (C=O) groups is 1. The molecule has 1 aromatic rings. The maximum absolute atomic E-state index is 11.2. The van der Waals surface area contributed by atoms with Gasteiger partial charge in [-0.05, 0) is 0 Å². The lowest BCUT2D eigenvalue weighted by Crippen LogP contribution is -2.24. The molecule has 2 N–H and O–H groups in total. The monoisotopic (exact) mass is 182 g/mol. The van der Waals surface area contributed by atoms with Gasteiger partial charge in [0.05, 0.1) is 6.20 Å². The Hall–Kier alpha value is -1.72. The molecule has 0 fully saturated rings. The fourth-order valence-corrected chi connectivity index (χ4v) is 0.646. The molecule has 0 spiro atoms. The third-order valence-corrected chi connectivity index (χ3v) is 1.42. The quantitative estimate of drug-likeness (QED) is 0.660. The van der Waals surface area contributed by atoms with E-state index >= 15 is 0 Å². The number of carbonyl (C=O) groups excluding carboxylic acids is 1. The molecule has 1 rings (SSSR count). The molecule has 1 heterocycles. The summed E-state index contributed by atoms with van der Waals surface area (Å²) in [7, 11) is 0. The zero-order chi connectivity index (χ0) is 9.84. The molecule has 0 aliphatic heterocycles. The standard InChI is InChI=1S/C7H10N4O2/c1-4(2)6(12)9-5-3-8-11-10-7(5)13/h3-4H,1-2H3,(H,8,10,13)(H,9,11,12). The number of rotatable bonds is 2. The van der Waals surface area contributed by atoms with E-state index in [4.69, 9.17) is 0 Å². The fourth-order valence-electron chi connectivity index (χ4n) is 0.646. The summed E-state index contributed by atoms with van der Waals surface area (Å²) >= 11 is 0. The van der Waals surface area contributed by atoms with Gasteiger partial charge < -0.3 is 5.32 Å². The lowest BCUT2D eigenvalue weighted by atomic mass is 10.2. The maximum Gasteiger partial charge on any atom is 0.290 e. The Morgan fingerprint density at radius 3 is 2.85 bits per heavy atom. The van der Waals surface area contributed by atoms with Crippen molar-refractivity contribution in [3.8, 4) is 0 Å². The van der Waals surface area contributed by atoms with Crippen molar-refractivity contribution in [3.05, 3.63) is 16.6 Å². The van der Waals surface area contributed by atoms with E-state index in [0.29, 0.717) is 0 Å². The molecule has 6 heteroatoms. The summed E-state index contributed by atoms with van der Waals surface area (Å²) in [6.07, 6.45) is 1.21. The molecule has 0 aliphatic rings. The summed E-state index contributed by atoms with van der Waals surface area (Å²) < 4.78 is 0. The molecular weight excluding hydrogens is 172 g/mol. The topological polar surface area (TPSA) is 87.7 Å². The Morgan fingerprint density at radius 1 is 1.62 bits per heavy atom. The van der Waals surface area contributed by atoms with Crippen molar-refractivity contribution in [2.24, 2.45) is 5.92 Å². The molecule has 0 saturated heterocycles. The first-order valence-corrected chi connectivity index (χ1v) is 3.82. The van der Waals surface area contributed by atoms with Gasteiger partial charge in [-0.15, -0.1) is 5.10 Å². The second-order valence-electron chi connectivity index (χ2n) is 2.84. The molecular formula is C7H10N4O2. The van der Waals surface area contributed by atoms with Crippen LogP contribution in [0.25, 0.3) is 0 Å². The number of nitrogens with one attached hydrogen (secondary N) is 2. The first kappa shape index (κ1) is 9.37. The van der Waals surface area contributed by atoms with Gasteiger partial charge in [-0.25, -0.2) is 5.10 Å². The lowest BCUT2D eigenvalue weighted by molar-refractivity contribution is -0.118. The van der Waals surface area contributed by atoms with E-state index in [0.717, 1.165) is 0 Å². The highest BCUT2D eigenvalue weighted by atomic mass is 16.2. The smallest absolute Gasteiger partial charge is 0.290 e. The highest BCUT2D eigenvalue weighted by Crippen LogP contribution is 1.98. The Balaban J connectivity index is 2.81. The largest absolute Gasteiger partial charge is 0.320 e. The van der Waals surface area contributed by atoms with E-state index in [9.17, 15) is 9.59 Å². The lowest BCUT2D eigenvalue weighted by Gasteiger charge is -2.04. The van der Waals surface area contributed by atoms with Gasteiger partial charge in [0.15, 0.2) is 0 Å². The van der Waals surface area contributed by atoms with Crippen molar-refractivity contribution in [1.82, 2.24) is 15.4 Å². The average molecular weight is 182 g/mol. The van der Waals surface area contributed by atoms with Crippen molar-refractivity contribution >= 4 is 11.6 Å². The molecule has 0 aliphatic carbocycles. The molecule has 6 nitrogen and oxygen atoms in total. The number of nitrogens with zero attached hydrogens (tertiary/aromatic N) is 2. The normalized spacial score (nSPS) is 10.1. The molecule has 13 heavy (non-hydrogen) atoms. The van der Waals surface area contributed by atoms with Gasteiger partial charge in [-0.3, -0.25) is 9.59 Å². The van der Waals surface area contributed by atoms with Gasteiger partial charge in [0.25, 0.3) is 5.56 Å². The van der Waals surface area contributed by atoms with Crippen LogP contribution in [0.4, 0.5) is 5.69 Å². The highest BCUT2D eigenvalue weighted by molar-refractivity contribution is 5.91. The van der Waals surface area contributed by atoms with Crippen LogP contribution in [0.2, 0.25) is 0 Å². The summed E-state index contributed by atoms with van der Waals surface area (Å²) in [6.45, 7) is 3.47. The van der Waals surface area contributed by atoms with Gasteiger partial charge >= 0.3 is 0 Å². The van der Waals surface area contributed by atoms with Crippen LogP contribution in [0.1, 0.15) is 13.8 Å². The van der Waals surface area contributed by atoms with Crippen molar-refractivity contribution in [3.63, 3.8) is 0 Å². The molecule has 0 aromatic carbocycles. The van der Waals surface area contributed by atoms with Crippen molar-refractivity contribution < 1.29 is 4.79 Å². The van der Waals surface area contributed by atoms with E-state index in [1.165, 1.54) is 6.20 Å². The van der Waals surface area contributed by atoms with E-state index in [2.05, 4.69) is 20.7 Å². The van der Waals surface area contributed by atoms with Crippen LogP contribution in [0.3, 0.4) is 0 Å². The predicted octanol–water partition coefficient (Wildman–Crippen LogP) is -0.241. The van der Waals surface area contributed by atoms with Crippen molar-refractivity contribution in [2.75, 3.05) is 5.32 Å². The Kier molecular flexibility index (Phi) is 2.73. The van der Waals surface area contributed by atoms with Gasteiger partial charge in [-0.2, -0.15) is 0 Å². The molecule has 0 radical (unpaired) electrons. The highest BCUT2D eigenvalue weighted by Gasteiger charge is 2.08. The van der Waals surface area contributed by atoms with E-state index in [-0.39, 0.29) is 17.5 Å². The van der Waals surface area contributed by atoms with Crippen LogP contribution >= 0.6 is 0 Å². The molecule has 1 amide bonds. The minimum atomic E-state index is -0.455. The second-order valence-corrected chi connectivity index (χ2v) is 2.84. The van der Waals surface area contributed by atoms with E-state index in [1.807, 2.05) is 0 Å². The minimum Gasteiger partial charge on any atom is -0.320 e. The maximum atomic E-state index is 11.2. The number of hydrogen-bond acceptors (Lipinski definition) is 4. The Bertz CT molecular complexity index is 358. The van der Waals surface area contributed by atoms with Gasteiger partial charge in [0.1, 0.15) is 5.69 Å². The zero-order valence-electron chi connectivity index (χ0n) is 7.37. The predicted molar refractivity (Wildman–Crippen MR) is 46.1 cm³/mol. The summed E-state index contributed by atoms with van der Waals surface area (Å²) in [5.41, 5.74) is -0.335. The van der Waals surface area contributed by atoms with Crippen LogP contribution in [-0.4, -0.2) is 21.3 Å². The zero-order valence-corrected chi connectivity index (χ0v) is 7.37. The summed E-state index contributed by atoms with van der Waals surface area (Å²) in [5, 5.41) is 11.2. The second kappa shape index (κ2) is 3.79. The first-order chi connectivity index (χ1) is 6.11. The van der Waals surface area contributed by atoms with Crippen LogP contribution in [0.5, 0.6) is 0 Å². The summed E-state index contributed by atoms with van der Waals surface area (Å²) in [5.74, 6) is -0.397. The van der Waals surface area contributed by atoms with Crippen molar-refractivity contribution in [2.45, 2.75) is 13.8 Å². The summed E-state index contributed by atoms with van der Waals surface area (Å²) in [6, 6.07) is 0. The number of aromatic nitrogens is 3. The van der Waals surface area contributed by atoms with Crippen LogP contribution < -0.4 is 10.9 Å². The Morgan fingerprint density at radius 2 is 2.31 bits per heavy atom. The Labute approximate surface area is 74.4 Å². The molecule has 0 unspecified atom stereocenters. The molecule has 70 valence electrons. The minimum absolute atomic E-state index is 0.119. The third kappa shape index (κ3) is 2.36. The van der Waals surface area contributed by atoms with Gasteiger partial charge in [0, 0.05) is 5.92 Å². The number of H-pyrrole nitrogens is 1. The van der Waals surface area contributed by atoms with E-state index < -0.39 is 5.56 Å². The number of aromatic amines is 1. The first-order valence-electron chi connectivity index (χ1n) is 3.82. The number of amides is 1. The number of hydrogen-bond donors (Lipinski definition) is 2. The van der Waals surface area contributed by atoms with Gasteiger partial charge in [-0.1, -0.05) is 19.1 Å². The summed E-state index contributed by atoms with van der Waals surface area (Å²) in [4.78, 5) is 22.2. The number of anilines is 1. The molecule has 1 aromatic heterocycles. The third-order valence-electron chi connectivity index (χ3n) is 1.42. The van der Waals surface area contributed by atoms with Crippen LogP contribution in [0, 0.1) is 5.92 Å². The van der Waals surface area contributed by atoms with Crippen LogP contribution in [-0.2, 0) is 4.79 Å². The van der Waals surface area contributed by atoms with Crippen LogP contribution in [0.15, 0.2) is 11.0 Å². The molecule has 0 saturated carbocycles.